The summed E-state index contributed by atoms with van der Waals surface area (Å²) in [6.07, 6.45) is 0.514. The maximum atomic E-state index is 12.7. The van der Waals surface area contributed by atoms with Gasteiger partial charge in [0.1, 0.15) is 5.69 Å². The molecule has 0 saturated heterocycles. The van der Waals surface area contributed by atoms with Crippen LogP contribution in [0.3, 0.4) is 0 Å². The van der Waals surface area contributed by atoms with E-state index in [0.717, 1.165) is 10.2 Å². The van der Waals surface area contributed by atoms with Crippen molar-refractivity contribution in [1.29, 1.82) is 0 Å². The predicted molar refractivity (Wildman–Crippen MR) is 121 cm³/mol. The van der Waals surface area contributed by atoms with Gasteiger partial charge in [-0.1, -0.05) is 41.4 Å². The molecule has 1 aromatic heterocycles. The van der Waals surface area contributed by atoms with Gasteiger partial charge in [-0.3, -0.25) is 9.59 Å². The zero-order valence-electron chi connectivity index (χ0n) is 17.2. The molecule has 0 unspecified atom stereocenters. The smallest absolute Gasteiger partial charge is 0.352 e. The summed E-state index contributed by atoms with van der Waals surface area (Å²) in [5.74, 6) is -0.465. The first kappa shape index (κ1) is 23.2. The number of carbonyl (C=O) groups is 2. The highest BCUT2D eigenvalue weighted by Crippen LogP contribution is 2.19. The minimum atomic E-state index is -0.979. The molecule has 11 heteroatoms. The summed E-state index contributed by atoms with van der Waals surface area (Å²) < 4.78 is 1.29. The molecule has 0 saturated carbocycles. The molecule has 2 aromatic carbocycles. The molecule has 0 atom stereocenters. The average molecular weight is 476 g/mol. The SMILES string of the molecule is CNC(=O)n1c(=O)c(C)nn(-c2ccc(Cl)c(C(=O)NCCc3ccccc3Cl)c2)c1=O. The van der Waals surface area contributed by atoms with Crippen LogP contribution in [-0.4, -0.2) is 39.9 Å². The summed E-state index contributed by atoms with van der Waals surface area (Å²) in [5, 5.41) is 9.72. The molecule has 32 heavy (non-hydrogen) atoms. The van der Waals surface area contributed by atoms with Gasteiger partial charge >= 0.3 is 11.7 Å². The Hall–Kier alpha value is -3.43. The third kappa shape index (κ3) is 4.74. The van der Waals surface area contributed by atoms with E-state index < -0.39 is 23.2 Å². The van der Waals surface area contributed by atoms with Crippen LogP contribution in [0, 0.1) is 6.92 Å². The van der Waals surface area contributed by atoms with Gasteiger partial charge in [-0.25, -0.2) is 9.59 Å². The lowest BCUT2D eigenvalue weighted by atomic mass is 10.1. The molecule has 0 spiro atoms. The largest absolute Gasteiger partial charge is 0.360 e. The third-order valence-electron chi connectivity index (χ3n) is 4.63. The third-order valence-corrected chi connectivity index (χ3v) is 5.33. The second-order valence-corrected chi connectivity index (χ2v) is 7.55. The molecule has 0 bridgehead atoms. The van der Waals surface area contributed by atoms with Gasteiger partial charge in [0, 0.05) is 18.6 Å². The summed E-state index contributed by atoms with van der Waals surface area (Å²) >= 11 is 12.3. The minimum absolute atomic E-state index is 0.0751. The van der Waals surface area contributed by atoms with Crippen molar-refractivity contribution in [2.75, 3.05) is 13.6 Å². The molecule has 3 aromatic rings. The summed E-state index contributed by atoms with van der Waals surface area (Å²) in [6.45, 7) is 1.68. The van der Waals surface area contributed by atoms with Gasteiger partial charge in [-0.2, -0.15) is 14.3 Å². The van der Waals surface area contributed by atoms with Crippen molar-refractivity contribution < 1.29 is 9.59 Å². The quantitative estimate of drug-likeness (QED) is 0.586. The van der Waals surface area contributed by atoms with E-state index in [2.05, 4.69) is 15.7 Å². The summed E-state index contributed by atoms with van der Waals surface area (Å²) in [7, 11) is 1.29. The van der Waals surface area contributed by atoms with Crippen molar-refractivity contribution in [3.63, 3.8) is 0 Å². The lowest BCUT2D eigenvalue weighted by molar-refractivity contribution is 0.0954. The van der Waals surface area contributed by atoms with E-state index in [1.807, 2.05) is 18.2 Å². The standard InChI is InChI=1S/C21H19Cl2N5O4/c1-12-19(30)27(20(31)24-2)21(32)28(26-12)14-7-8-17(23)15(11-14)18(29)25-10-9-13-5-3-4-6-16(13)22/h3-8,11H,9-10H2,1-2H3,(H,24,31)(H,25,29). The van der Waals surface area contributed by atoms with Crippen molar-refractivity contribution in [3.05, 3.63) is 90.2 Å². The van der Waals surface area contributed by atoms with Gasteiger partial charge in [-0.15, -0.1) is 0 Å². The van der Waals surface area contributed by atoms with Crippen LogP contribution in [-0.2, 0) is 6.42 Å². The van der Waals surface area contributed by atoms with Crippen LogP contribution in [0.2, 0.25) is 10.0 Å². The zero-order chi connectivity index (χ0) is 23.4. The minimum Gasteiger partial charge on any atom is -0.352 e. The number of aryl methyl sites for hydroxylation is 1. The highest BCUT2D eigenvalue weighted by atomic mass is 35.5. The Morgan fingerprint density at radius 2 is 1.78 bits per heavy atom. The fourth-order valence-electron chi connectivity index (χ4n) is 2.96. The second-order valence-electron chi connectivity index (χ2n) is 6.74. The first-order valence-electron chi connectivity index (χ1n) is 9.51. The van der Waals surface area contributed by atoms with Gasteiger partial charge in [0.05, 0.1) is 16.3 Å². The van der Waals surface area contributed by atoms with Crippen molar-refractivity contribution in [2.24, 2.45) is 0 Å². The van der Waals surface area contributed by atoms with Crippen LogP contribution < -0.4 is 21.9 Å². The van der Waals surface area contributed by atoms with E-state index >= 15 is 0 Å². The molecule has 0 aliphatic heterocycles. The van der Waals surface area contributed by atoms with Crippen LogP contribution in [0.25, 0.3) is 5.69 Å². The van der Waals surface area contributed by atoms with E-state index in [0.29, 0.717) is 22.6 Å². The van der Waals surface area contributed by atoms with Crippen LogP contribution in [0.1, 0.15) is 21.6 Å². The maximum Gasteiger partial charge on any atom is 0.360 e. The average Bonchev–Trinajstić information content (AvgIpc) is 2.78. The predicted octanol–water partition coefficient (Wildman–Crippen LogP) is 2.17. The Labute approximate surface area is 192 Å². The number of nitrogens with one attached hydrogen (secondary N) is 2. The Morgan fingerprint density at radius 3 is 2.47 bits per heavy atom. The molecular formula is C21H19Cl2N5O4. The number of nitrogens with zero attached hydrogens (tertiary/aromatic N) is 3. The molecule has 0 radical (unpaired) electrons. The van der Waals surface area contributed by atoms with Gasteiger partial charge in [0.2, 0.25) is 0 Å². The van der Waals surface area contributed by atoms with E-state index in [-0.39, 0.29) is 22.0 Å². The van der Waals surface area contributed by atoms with E-state index in [9.17, 15) is 19.2 Å². The van der Waals surface area contributed by atoms with Crippen LogP contribution in [0.4, 0.5) is 4.79 Å². The van der Waals surface area contributed by atoms with Crippen molar-refractivity contribution in [2.45, 2.75) is 13.3 Å². The Bertz CT molecular complexity index is 1320. The van der Waals surface area contributed by atoms with Gasteiger partial charge < -0.3 is 10.6 Å². The van der Waals surface area contributed by atoms with Gasteiger partial charge in [0.15, 0.2) is 0 Å². The topological polar surface area (TPSA) is 115 Å². The first-order valence-corrected chi connectivity index (χ1v) is 10.3. The van der Waals surface area contributed by atoms with Gasteiger partial charge in [0.25, 0.3) is 11.5 Å². The van der Waals surface area contributed by atoms with Crippen molar-refractivity contribution in [3.8, 4) is 5.69 Å². The lowest BCUT2D eigenvalue weighted by Gasteiger charge is -2.12. The monoisotopic (exact) mass is 475 g/mol. The first-order chi connectivity index (χ1) is 15.2. The number of aromatic nitrogens is 3. The highest BCUT2D eigenvalue weighted by molar-refractivity contribution is 6.34. The summed E-state index contributed by atoms with van der Waals surface area (Å²) in [4.78, 5) is 49.6. The zero-order valence-corrected chi connectivity index (χ0v) is 18.7. The molecule has 3 rings (SSSR count). The number of carbonyl (C=O) groups excluding carboxylic acids is 2. The second kappa shape index (κ2) is 9.80. The number of benzene rings is 2. The Balaban J connectivity index is 1.91. The Morgan fingerprint density at radius 1 is 1.06 bits per heavy atom. The number of hydrogen-bond acceptors (Lipinski definition) is 5. The van der Waals surface area contributed by atoms with Crippen LogP contribution in [0.15, 0.2) is 52.1 Å². The van der Waals surface area contributed by atoms with Crippen LogP contribution >= 0.6 is 23.2 Å². The van der Waals surface area contributed by atoms with E-state index in [1.54, 1.807) is 6.07 Å². The normalized spacial score (nSPS) is 10.6. The molecule has 2 N–H and O–H groups in total. The molecule has 2 amide bonds. The molecule has 0 fully saturated rings. The molecule has 0 aliphatic rings. The molecule has 9 nitrogen and oxygen atoms in total. The number of rotatable bonds is 5. The van der Waals surface area contributed by atoms with E-state index in [1.165, 1.54) is 32.2 Å². The summed E-state index contributed by atoms with van der Waals surface area (Å²) in [5.41, 5.74) is -0.737. The molecule has 0 aliphatic carbocycles. The lowest BCUT2D eigenvalue weighted by Crippen LogP contribution is -2.48. The van der Waals surface area contributed by atoms with Crippen molar-refractivity contribution in [1.82, 2.24) is 25.0 Å². The summed E-state index contributed by atoms with van der Waals surface area (Å²) in [6, 6.07) is 10.7. The van der Waals surface area contributed by atoms with Crippen LogP contribution in [0.5, 0.6) is 0 Å². The Kier molecular flexibility index (Phi) is 7.12. The maximum absolute atomic E-state index is 12.7. The number of halogens is 2. The fourth-order valence-corrected chi connectivity index (χ4v) is 3.40. The number of amides is 2. The molecular weight excluding hydrogens is 457 g/mol. The van der Waals surface area contributed by atoms with Gasteiger partial charge in [-0.05, 0) is 43.2 Å². The highest BCUT2D eigenvalue weighted by Gasteiger charge is 2.18. The number of hydrogen-bond donors (Lipinski definition) is 2. The van der Waals surface area contributed by atoms with E-state index in [4.69, 9.17) is 23.2 Å². The van der Waals surface area contributed by atoms with Crippen molar-refractivity contribution >= 4 is 35.1 Å². The fraction of sp³-hybridized carbons (Fsp3) is 0.190. The molecule has 166 valence electrons. The molecule has 1 heterocycles.